The Morgan fingerprint density at radius 1 is 1.50 bits per heavy atom. The van der Waals surface area contributed by atoms with Gasteiger partial charge in [0.05, 0.1) is 6.61 Å². The van der Waals surface area contributed by atoms with Crippen LogP contribution in [0, 0.1) is 5.92 Å². The van der Waals surface area contributed by atoms with Crippen LogP contribution in [0.5, 0.6) is 0 Å². The summed E-state index contributed by atoms with van der Waals surface area (Å²) in [5.41, 5.74) is 9.12. The quantitative estimate of drug-likeness (QED) is 0.457. The monoisotopic (exact) mass is 249 g/mol. The first-order valence-corrected chi connectivity index (χ1v) is 5.54. The molecule has 0 bridgehead atoms. The van der Waals surface area contributed by atoms with Gasteiger partial charge in [0.25, 0.3) is 0 Å². The molecule has 0 aliphatic heterocycles. The summed E-state index contributed by atoms with van der Waals surface area (Å²) in [4.78, 5) is 13.7. The van der Waals surface area contributed by atoms with Gasteiger partial charge in [0.2, 0.25) is 0 Å². The number of nitrogens with zero attached hydrogens (tertiary/aromatic N) is 3. The zero-order chi connectivity index (χ0) is 13.4. The van der Waals surface area contributed by atoms with E-state index in [4.69, 9.17) is 15.4 Å². The van der Waals surface area contributed by atoms with Crippen molar-refractivity contribution in [1.29, 1.82) is 0 Å². The van der Waals surface area contributed by atoms with Crippen molar-refractivity contribution in [3.05, 3.63) is 46.3 Å². The van der Waals surface area contributed by atoms with E-state index >= 15 is 0 Å². The van der Waals surface area contributed by atoms with E-state index in [0.717, 1.165) is 5.56 Å². The topological polar surface area (TPSA) is 95.3 Å². The van der Waals surface area contributed by atoms with Crippen LogP contribution in [0.25, 0.3) is 10.4 Å². The standard InChI is InChI=1S/C12H15N3O3/c1-9(7-14-15-13)11(12(16)17)18-8-10-5-3-2-4-6-10/h2-6,9,11H,7-8H2,1H3,(H,16,17)/t9-,11-/m0/s1. The van der Waals surface area contributed by atoms with Crippen LogP contribution in [0.3, 0.4) is 0 Å². The number of carboxylic acids is 1. The SMILES string of the molecule is C[C@@H](CN=[N+]=[N-])[C@H](OCc1ccccc1)C(=O)O. The van der Waals surface area contributed by atoms with Gasteiger partial charge in [-0.15, -0.1) is 0 Å². The number of azide groups is 1. The number of carboxylic acid groups (broad SMARTS) is 1. The molecular formula is C12H15N3O3. The van der Waals surface area contributed by atoms with Crippen LogP contribution in [-0.4, -0.2) is 23.7 Å². The second-order valence-corrected chi connectivity index (χ2v) is 3.95. The van der Waals surface area contributed by atoms with Crippen LogP contribution < -0.4 is 0 Å². The maximum atomic E-state index is 11.1. The van der Waals surface area contributed by atoms with Crippen molar-refractivity contribution >= 4 is 5.97 Å². The van der Waals surface area contributed by atoms with Crippen molar-refractivity contribution in [3.63, 3.8) is 0 Å². The molecule has 0 saturated heterocycles. The number of rotatable bonds is 7. The number of aliphatic carboxylic acids is 1. The van der Waals surface area contributed by atoms with Crippen molar-refractivity contribution in [2.45, 2.75) is 19.6 Å². The molecule has 0 saturated carbocycles. The fourth-order valence-corrected chi connectivity index (χ4v) is 1.50. The fourth-order valence-electron chi connectivity index (χ4n) is 1.50. The minimum atomic E-state index is -1.05. The maximum absolute atomic E-state index is 11.1. The number of hydrogen-bond donors (Lipinski definition) is 1. The normalized spacial score (nSPS) is 13.4. The molecule has 0 aliphatic carbocycles. The lowest BCUT2D eigenvalue weighted by molar-refractivity contribution is -0.154. The Bertz CT molecular complexity index is 429. The molecule has 6 heteroatoms. The van der Waals surface area contributed by atoms with Crippen molar-refractivity contribution in [2.24, 2.45) is 11.0 Å². The first-order chi connectivity index (χ1) is 8.65. The van der Waals surface area contributed by atoms with Gasteiger partial charge in [0.15, 0.2) is 6.10 Å². The minimum absolute atomic E-state index is 0.0995. The van der Waals surface area contributed by atoms with E-state index < -0.39 is 12.1 Å². The van der Waals surface area contributed by atoms with Crippen LogP contribution in [0.1, 0.15) is 12.5 Å². The van der Waals surface area contributed by atoms with E-state index in [2.05, 4.69) is 10.0 Å². The van der Waals surface area contributed by atoms with Gasteiger partial charge in [0.1, 0.15) is 0 Å². The highest BCUT2D eigenvalue weighted by Gasteiger charge is 2.24. The van der Waals surface area contributed by atoms with Gasteiger partial charge in [-0.1, -0.05) is 42.4 Å². The average Bonchev–Trinajstić information content (AvgIpc) is 2.37. The third-order valence-corrected chi connectivity index (χ3v) is 2.47. The van der Waals surface area contributed by atoms with Crippen molar-refractivity contribution in [2.75, 3.05) is 6.54 Å². The summed E-state index contributed by atoms with van der Waals surface area (Å²) in [6, 6.07) is 9.31. The summed E-state index contributed by atoms with van der Waals surface area (Å²) in [6.07, 6.45) is -0.976. The lowest BCUT2D eigenvalue weighted by atomic mass is 10.1. The molecule has 0 amide bonds. The number of ether oxygens (including phenoxy) is 1. The highest BCUT2D eigenvalue weighted by atomic mass is 16.5. The molecule has 0 heterocycles. The third-order valence-electron chi connectivity index (χ3n) is 2.47. The molecule has 96 valence electrons. The predicted octanol–water partition coefficient (Wildman–Crippen LogP) is 2.60. The molecule has 1 aromatic carbocycles. The molecule has 0 radical (unpaired) electrons. The second kappa shape index (κ2) is 7.32. The molecule has 1 rings (SSSR count). The smallest absolute Gasteiger partial charge is 0.333 e. The Labute approximate surface area is 105 Å². The minimum Gasteiger partial charge on any atom is -0.479 e. The molecule has 0 fully saturated rings. The van der Waals surface area contributed by atoms with Crippen LogP contribution in [0.2, 0.25) is 0 Å². The Hall–Kier alpha value is -2.04. The van der Waals surface area contributed by atoms with Gasteiger partial charge in [0, 0.05) is 11.5 Å². The largest absolute Gasteiger partial charge is 0.479 e. The molecule has 2 atom stereocenters. The Morgan fingerprint density at radius 3 is 2.72 bits per heavy atom. The number of carbonyl (C=O) groups is 1. The maximum Gasteiger partial charge on any atom is 0.333 e. The Balaban J connectivity index is 2.58. The zero-order valence-corrected chi connectivity index (χ0v) is 10.1. The van der Waals surface area contributed by atoms with E-state index in [0.29, 0.717) is 0 Å². The molecule has 0 unspecified atom stereocenters. The molecule has 0 aliphatic rings. The molecule has 0 aromatic heterocycles. The van der Waals surface area contributed by atoms with Crippen LogP contribution in [-0.2, 0) is 16.1 Å². The molecule has 1 N–H and O–H groups in total. The predicted molar refractivity (Wildman–Crippen MR) is 65.8 cm³/mol. The van der Waals surface area contributed by atoms with E-state index in [1.165, 1.54) is 0 Å². The zero-order valence-electron chi connectivity index (χ0n) is 10.1. The van der Waals surface area contributed by atoms with E-state index in [1.807, 2.05) is 30.3 Å². The molecule has 1 aromatic rings. The first kappa shape index (κ1) is 14.0. The van der Waals surface area contributed by atoms with Crippen LogP contribution in [0.15, 0.2) is 35.4 Å². The average molecular weight is 249 g/mol. The Morgan fingerprint density at radius 2 is 2.17 bits per heavy atom. The highest BCUT2D eigenvalue weighted by molar-refractivity contribution is 5.72. The van der Waals surface area contributed by atoms with E-state index in [1.54, 1.807) is 6.92 Å². The summed E-state index contributed by atoms with van der Waals surface area (Å²) >= 11 is 0. The van der Waals surface area contributed by atoms with Crippen LogP contribution in [0.4, 0.5) is 0 Å². The van der Waals surface area contributed by atoms with Crippen molar-refractivity contribution in [1.82, 2.24) is 0 Å². The first-order valence-electron chi connectivity index (χ1n) is 5.54. The lowest BCUT2D eigenvalue weighted by Gasteiger charge is -2.19. The molecular weight excluding hydrogens is 234 g/mol. The number of benzene rings is 1. The lowest BCUT2D eigenvalue weighted by Crippen LogP contribution is -2.32. The number of hydrogen-bond acceptors (Lipinski definition) is 3. The van der Waals surface area contributed by atoms with Crippen molar-refractivity contribution < 1.29 is 14.6 Å². The molecule has 18 heavy (non-hydrogen) atoms. The van der Waals surface area contributed by atoms with Gasteiger partial charge < -0.3 is 9.84 Å². The van der Waals surface area contributed by atoms with Crippen molar-refractivity contribution in [3.8, 4) is 0 Å². The molecule has 0 spiro atoms. The van der Waals surface area contributed by atoms with E-state index in [-0.39, 0.29) is 19.1 Å². The Kier molecular flexibility index (Phi) is 5.70. The van der Waals surface area contributed by atoms with Gasteiger partial charge >= 0.3 is 5.97 Å². The summed E-state index contributed by atoms with van der Waals surface area (Å²) in [6.45, 7) is 2.00. The van der Waals surface area contributed by atoms with E-state index in [9.17, 15) is 4.79 Å². The summed E-state index contributed by atoms with van der Waals surface area (Å²) in [5.74, 6) is -1.42. The highest BCUT2D eigenvalue weighted by Crippen LogP contribution is 2.12. The van der Waals surface area contributed by atoms with Crippen LogP contribution >= 0.6 is 0 Å². The van der Waals surface area contributed by atoms with Gasteiger partial charge in [-0.2, -0.15) is 0 Å². The molecule has 6 nitrogen and oxygen atoms in total. The second-order valence-electron chi connectivity index (χ2n) is 3.95. The summed E-state index contributed by atoms with van der Waals surface area (Å²) < 4.78 is 5.37. The third kappa shape index (κ3) is 4.45. The van der Waals surface area contributed by atoms with Gasteiger partial charge in [-0.3, -0.25) is 0 Å². The fraction of sp³-hybridized carbons (Fsp3) is 0.417. The summed E-state index contributed by atoms with van der Waals surface area (Å²) in [7, 11) is 0. The van der Waals surface area contributed by atoms with Gasteiger partial charge in [-0.25, -0.2) is 4.79 Å². The van der Waals surface area contributed by atoms with Gasteiger partial charge in [-0.05, 0) is 17.0 Å². The summed E-state index contributed by atoms with van der Waals surface area (Å²) in [5, 5.41) is 12.4.